The molecule has 0 aromatic heterocycles. The van der Waals surface area contributed by atoms with Crippen molar-refractivity contribution in [2.45, 2.75) is 125 Å². The predicted octanol–water partition coefficient (Wildman–Crippen LogP) is 1.65. The summed E-state index contributed by atoms with van der Waals surface area (Å²) < 4.78 is 50.2. The van der Waals surface area contributed by atoms with E-state index in [1.165, 1.54) is 50.6 Å². The van der Waals surface area contributed by atoms with Gasteiger partial charge in [-0.2, -0.15) is 0 Å². The van der Waals surface area contributed by atoms with Gasteiger partial charge in [-0.25, -0.2) is 0 Å². The Balaban J connectivity index is 0.823. The Morgan fingerprint density at radius 1 is 0.580 bits per heavy atom. The molecule has 8 N–H and O–H groups in total. The Morgan fingerprint density at radius 3 is 1.33 bits per heavy atom. The van der Waals surface area contributed by atoms with E-state index >= 15 is 0 Å². The molecule has 0 spiro atoms. The molecular formula is C57H58N2O22. The van der Waals surface area contributed by atoms with Crippen molar-refractivity contribution >= 4 is 34.7 Å². The monoisotopic (exact) mass is 1120 g/mol. The quantitative estimate of drug-likeness (QED) is 0.0904. The number of phenols is 4. The van der Waals surface area contributed by atoms with Gasteiger partial charge in [0.2, 0.25) is 11.6 Å². The third-order valence-corrected chi connectivity index (χ3v) is 17.6. The first kappa shape index (κ1) is 54.8. The highest BCUT2D eigenvalue weighted by Crippen LogP contribution is 2.55. The molecule has 4 aromatic rings. The van der Waals surface area contributed by atoms with Gasteiger partial charge in [-0.05, 0) is 26.0 Å². The van der Waals surface area contributed by atoms with Crippen LogP contribution >= 0.6 is 0 Å². The van der Waals surface area contributed by atoms with Crippen LogP contribution < -0.4 is 9.47 Å². The molecule has 4 aliphatic carbocycles. The number of fused-ring (bicyclic) bond motifs is 12. The van der Waals surface area contributed by atoms with Crippen LogP contribution in [0.5, 0.6) is 34.5 Å². The first-order valence-electron chi connectivity index (χ1n) is 26.5. The van der Waals surface area contributed by atoms with E-state index in [4.69, 9.17) is 37.9 Å². The fraction of sp³-hybridized carbons (Fsp3) is 0.474. The van der Waals surface area contributed by atoms with Crippen molar-refractivity contribution in [2.24, 2.45) is 0 Å². The van der Waals surface area contributed by atoms with Gasteiger partial charge in [-0.1, -0.05) is 24.3 Å². The number of aromatic hydroxyl groups is 4. The molecule has 14 atom stereocenters. The standard InChI is InChI=1S/C57H58N2O22/c1-22-54-28(11-36(78-22)80-32-15-56(72,34(62)17-60)13-26-40(32)52(70)44-42(48(26)66)46(64)24-7-5-9-30(74-3)38(24)50(44)68)58-19-59(20-76-54)29-12-37(79-23(2)55(29)77-21-58)81-33-16-57(73,35(63)18-61)14-27-41(33)53(71)45-43(49(27)67)47(65)25-8-6-10-31(75-4)39(25)51(45)69/h5-10,22-23,28-29,32-33,36-37,54-55,60-61,66-67,70-73H,11-21H2,1-4H3/t22?,23?,28?,29?,32?,33?,36?,37?,54?,55?,56-,57?/m0/s1. The fourth-order valence-corrected chi connectivity index (χ4v) is 13.6. The van der Waals surface area contributed by atoms with Crippen molar-refractivity contribution in [3.05, 3.63) is 103 Å². The van der Waals surface area contributed by atoms with Crippen molar-refractivity contribution in [1.82, 2.24) is 9.80 Å². The SMILES string of the molecule is COc1cccc2c1C(=O)c1c(O)c3c(c(O)c1C2=O)CC(O)(C(=O)CO)CC3OC1CC2C(OCN3CN2COC2C(C)OC(OC4C[C@](O)(C(=O)CO)Cc5c(O)c6c(c(O)c54)C(=O)c4c(OC)cccc4C6=O)CC23)C(C)O1. The van der Waals surface area contributed by atoms with Crippen molar-refractivity contribution < 1.29 is 108 Å². The maximum absolute atomic E-state index is 14.3. The van der Waals surface area contributed by atoms with Crippen molar-refractivity contribution in [2.75, 3.05) is 47.6 Å². The summed E-state index contributed by atoms with van der Waals surface area (Å²) >= 11 is 0. The molecule has 4 saturated heterocycles. The molecule has 24 nitrogen and oxygen atoms in total. The minimum atomic E-state index is -2.38. The lowest BCUT2D eigenvalue weighted by molar-refractivity contribution is -0.280. The zero-order valence-corrected chi connectivity index (χ0v) is 44.2. The molecule has 4 aromatic carbocycles. The van der Waals surface area contributed by atoms with E-state index in [2.05, 4.69) is 0 Å². The van der Waals surface area contributed by atoms with Gasteiger partial charge in [-0.3, -0.25) is 38.6 Å². The number of phenolic OH excluding ortho intramolecular Hbond substituents is 4. The molecule has 81 heavy (non-hydrogen) atoms. The van der Waals surface area contributed by atoms with Gasteiger partial charge in [0.15, 0.2) is 35.7 Å². The summed E-state index contributed by atoms with van der Waals surface area (Å²) in [6.07, 6.45) is -10.3. The van der Waals surface area contributed by atoms with Gasteiger partial charge in [0, 0.05) is 84.0 Å². The normalized spacial score (nSPS) is 32.7. The van der Waals surface area contributed by atoms with Crippen molar-refractivity contribution in [3.8, 4) is 34.5 Å². The van der Waals surface area contributed by atoms with E-state index in [1.54, 1.807) is 13.8 Å². The molecule has 2 bridgehead atoms. The Bertz CT molecular complexity index is 3180. The zero-order valence-electron chi connectivity index (χ0n) is 44.2. The summed E-state index contributed by atoms with van der Waals surface area (Å²) in [5.41, 5.74) is -8.18. The highest BCUT2D eigenvalue weighted by atomic mass is 16.7. The summed E-state index contributed by atoms with van der Waals surface area (Å²) in [4.78, 5) is 87.2. The molecule has 13 unspecified atom stereocenters. The van der Waals surface area contributed by atoms with E-state index in [0.29, 0.717) is 0 Å². The van der Waals surface area contributed by atoms with Gasteiger partial charge < -0.3 is 78.7 Å². The Kier molecular flexibility index (Phi) is 13.5. The summed E-state index contributed by atoms with van der Waals surface area (Å²) in [5.74, 6) is -8.20. The second-order valence-corrected chi connectivity index (χ2v) is 22.0. The number of ether oxygens (including phenoxy) is 8. The van der Waals surface area contributed by atoms with Gasteiger partial charge in [0.1, 0.15) is 84.6 Å². The third-order valence-electron chi connectivity index (χ3n) is 17.6. The molecule has 428 valence electrons. The van der Waals surface area contributed by atoms with Gasteiger partial charge in [0.05, 0.1) is 78.7 Å². The molecule has 0 saturated carbocycles. The average Bonchev–Trinajstić information content (AvgIpc) is 2.42. The number of ketones is 6. The number of Topliss-reactive ketones (excluding diaryl/α,β-unsaturated/α-hetero) is 2. The molecule has 4 aliphatic heterocycles. The number of methoxy groups -OCH3 is 2. The molecule has 24 heteroatoms. The fourth-order valence-electron chi connectivity index (χ4n) is 13.6. The number of rotatable bonds is 10. The number of carbonyl (C=O) groups excluding carboxylic acids is 6. The van der Waals surface area contributed by atoms with E-state index in [-0.39, 0.29) is 89.0 Å². The molecular weight excluding hydrogens is 1060 g/mol. The summed E-state index contributed by atoms with van der Waals surface area (Å²) in [6.45, 7) is 1.56. The minimum Gasteiger partial charge on any atom is -0.507 e. The van der Waals surface area contributed by atoms with Crippen LogP contribution in [0.25, 0.3) is 0 Å². The molecule has 0 radical (unpaired) electrons. The number of aliphatic hydroxyl groups excluding tert-OH is 2. The number of hydrogen-bond donors (Lipinski definition) is 8. The first-order valence-corrected chi connectivity index (χ1v) is 26.5. The maximum atomic E-state index is 14.3. The average molecular weight is 1120 g/mol. The van der Waals surface area contributed by atoms with E-state index in [9.17, 15) is 69.6 Å². The van der Waals surface area contributed by atoms with Gasteiger partial charge in [-0.15, -0.1) is 0 Å². The largest absolute Gasteiger partial charge is 0.507 e. The highest BCUT2D eigenvalue weighted by Gasteiger charge is 2.55. The minimum absolute atomic E-state index is 0.0188. The third kappa shape index (κ3) is 8.32. The number of carbonyl (C=O) groups is 6. The van der Waals surface area contributed by atoms with Crippen molar-refractivity contribution in [3.63, 3.8) is 0 Å². The first-order chi connectivity index (χ1) is 38.7. The molecule has 8 aliphatic rings. The van der Waals surface area contributed by atoms with E-state index in [1.807, 2.05) is 9.80 Å². The Morgan fingerprint density at radius 2 is 0.963 bits per heavy atom. The van der Waals surface area contributed by atoms with E-state index in [0.717, 1.165) is 0 Å². The topological polar surface area (TPSA) is 345 Å². The van der Waals surface area contributed by atoms with Crippen LogP contribution in [-0.4, -0.2) is 193 Å². The van der Waals surface area contributed by atoms with Gasteiger partial charge in [0.25, 0.3) is 0 Å². The number of benzene rings is 4. The van der Waals surface area contributed by atoms with Crippen LogP contribution in [0.4, 0.5) is 0 Å². The predicted molar refractivity (Wildman–Crippen MR) is 271 cm³/mol. The smallest absolute Gasteiger partial charge is 0.202 e. The van der Waals surface area contributed by atoms with Crippen LogP contribution in [0, 0.1) is 0 Å². The number of hydrogen-bond acceptors (Lipinski definition) is 24. The van der Waals surface area contributed by atoms with Crippen LogP contribution in [0.1, 0.15) is 138 Å². The Hall–Kier alpha value is -6.78. The zero-order chi connectivity index (χ0) is 57.5. The molecule has 4 fully saturated rings. The molecule has 0 amide bonds. The van der Waals surface area contributed by atoms with Crippen molar-refractivity contribution in [1.29, 1.82) is 0 Å². The second-order valence-electron chi connectivity index (χ2n) is 22.0. The lowest BCUT2D eigenvalue weighted by Gasteiger charge is -2.46. The molecule has 4 heterocycles. The summed E-state index contributed by atoms with van der Waals surface area (Å²) in [7, 11) is 2.62. The van der Waals surface area contributed by atoms with Gasteiger partial charge >= 0.3 is 0 Å². The lowest BCUT2D eigenvalue weighted by atomic mass is 9.72. The number of aliphatic hydroxyl groups is 4. The van der Waals surface area contributed by atoms with Crippen LogP contribution in [0.2, 0.25) is 0 Å². The van der Waals surface area contributed by atoms with Crippen LogP contribution in [0.3, 0.4) is 0 Å². The highest BCUT2D eigenvalue weighted by molar-refractivity contribution is 6.32. The summed E-state index contributed by atoms with van der Waals surface area (Å²) in [6, 6.07) is 7.60. The van der Waals surface area contributed by atoms with Crippen LogP contribution in [0.15, 0.2) is 36.4 Å². The van der Waals surface area contributed by atoms with Crippen LogP contribution in [-0.2, 0) is 50.9 Å². The molecule has 12 rings (SSSR count). The lowest BCUT2D eigenvalue weighted by Crippen LogP contribution is -2.57. The Labute approximate surface area is 460 Å². The maximum Gasteiger partial charge on any atom is 0.202 e. The van der Waals surface area contributed by atoms with E-state index < -0.39 is 191 Å². The number of nitrogens with zero attached hydrogens (tertiary/aromatic N) is 2. The second kappa shape index (κ2) is 20.0. The summed E-state index contributed by atoms with van der Waals surface area (Å²) in [5, 5.41) is 91.9.